The maximum atomic E-state index is 10.9. The Hall–Kier alpha value is -0.271. The van der Waals surface area contributed by atoms with Crippen LogP contribution >= 0.6 is 0 Å². The Morgan fingerprint density at radius 3 is 1.00 bits per heavy atom. The Morgan fingerprint density at radius 2 is 1.00 bits per heavy atom. The van der Waals surface area contributed by atoms with E-state index >= 15 is 0 Å². The second-order valence-electron chi connectivity index (χ2n) is 3.37. The van der Waals surface area contributed by atoms with Gasteiger partial charge in [-0.05, 0) is 0 Å². The summed E-state index contributed by atoms with van der Waals surface area (Å²) in [6.07, 6.45) is 0. The zero-order chi connectivity index (χ0) is 10.8. The van der Waals surface area contributed by atoms with E-state index in [0.29, 0.717) is 20.9 Å². The van der Waals surface area contributed by atoms with Gasteiger partial charge in [-0.1, -0.05) is 0 Å². The topological polar surface area (TPSA) is 68.3 Å². The van der Waals surface area contributed by atoms with Gasteiger partial charge in [-0.15, -0.1) is 0 Å². The minimum atomic E-state index is -3.93. The van der Waals surface area contributed by atoms with Gasteiger partial charge in [0.1, 0.15) is 0 Å². The van der Waals surface area contributed by atoms with Crippen molar-refractivity contribution in [3.8, 4) is 0 Å². The van der Waals surface area contributed by atoms with Crippen LogP contribution in [0.4, 0.5) is 0 Å². The summed E-state index contributed by atoms with van der Waals surface area (Å²) in [7, 11) is -3.93. The fraction of sp³-hybridized carbons (Fsp3) is 0.429. The summed E-state index contributed by atoms with van der Waals surface area (Å²) in [5.74, 6) is 5.18. The van der Waals surface area contributed by atoms with Gasteiger partial charge in [0.25, 0.3) is 0 Å². The van der Waals surface area contributed by atoms with E-state index in [-0.39, 0.29) is 0 Å². The molecule has 4 nitrogen and oxygen atoms in total. The molecule has 0 aromatic heterocycles. The molecular formula is C7H13CoGeO4. The first-order valence-corrected chi connectivity index (χ1v) is 15.5. The Kier molecular flexibility index (Phi) is 3.40. The average Bonchev–Trinajstić information content (AvgIpc) is 2.08. The zero-order valence-electron chi connectivity index (χ0n) is 7.78. The predicted molar refractivity (Wildman–Crippen MR) is 50.3 cm³/mol. The summed E-state index contributed by atoms with van der Waals surface area (Å²) >= 11 is -2.95. The van der Waals surface area contributed by atoms with Gasteiger partial charge < -0.3 is 0 Å². The van der Waals surface area contributed by atoms with Gasteiger partial charge in [-0.25, -0.2) is 0 Å². The molecule has 0 heterocycles. The van der Waals surface area contributed by atoms with Crippen LogP contribution in [0.15, 0.2) is 0 Å². The molecule has 0 unspecified atom stereocenters. The van der Waals surface area contributed by atoms with Crippen LogP contribution in [-0.2, 0) is 28.8 Å². The van der Waals surface area contributed by atoms with Crippen molar-refractivity contribution in [2.45, 2.75) is 17.3 Å². The van der Waals surface area contributed by atoms with Crippen LogP contribution in [-0.4, -0.2) is 32.3 Å². The van der Waals surface area contributed by atoms with E-state index in [4.69, 9.17) is 0 Å². The molecule has 0 bridgehead atoms. The Labute approximate surface area is 78.5 Å². The fourth-order valence-electron chi connectivity index (χ4n) is 0.583. The summed E-state index contributed by atoms with van der Waals surface area (Å²) in [5.41, 5.74) is 0. The Morgan fingerprint density at radius 1 is 0.769 bits per heavy atom. The second-order valence-corrected chi connectivity index (χ2v) is 30.8. The van der Waals surface area contributed by atoms with Crippen molar-refractivity contribution in [2.75, 3.05) is 0 Å². The number of hydrogen-bond donors (Lipinski definition) is 0. The van der Waals surface area contributed by atoms with E-state index in [2.05, 4.69) is 0 Å². The Balaban J connectivity index is 5.92. The second kappa shape index (κ2) is 3.47. The van der Waals surface area contributed by atoms with E-state index < -0.39 is 21.1 Å². The van der Waals surface area contributed by atoms with Crippen LogP contribution in [0.1, 0.15) is 0 Å². The number of hydrogen-bond acceptors (Lipinski definition) is 4. The first-order valence-electron chi connectivity index (χ1n) is 3.38. The quantitative estimate of drug-likeness (QED) is 0.539. The van der Waals surface area contributed by atoms with Gasteiger partial charge in [-0.2, -0.15) is 0 Å². The van der Waals surface area contributed by atoms with Gasteiger partial charge in [-0.3, -0.25) is 0 Å². The van der Waals surface area contributed by atoms with Crippen LogP contribution in [0.25, 0.3) is 0 Å². The van der Waals surface area contributed by atoms with Gasteiger partial charge >= 0.3 is 78.5 Å². The van der Waals surface area contributed by atoms with Gasteiger partial charge in [0.2, 0.25) is 0 Å². The molecule has 0 radical (unpaired) electrons. The standard InChI is InChI=1S/C3H9Ge.4CHO.Co/c1-4(2)3;4*1-2;/h1-3H3;4*1H;. The third kappa shape index (κ3) is 1.44. The molecule has 0 aliphatic heterocycles. The molecule has 0 N–H and O–H groups in total. The van der Waals surface area contributed by atoms with Crippen LogP contribution in [0, 0.1) is 0 Å². The molecule has 0 atom stereocenters. The number of carbonyl (C=O) groups excluding carboxylic acids is 4. The van der Waals surface area contributed by atoms with Crippen molar-refractivity contribution in [3.63, 3.8) is 0 Å². The molecule has 0 saturated heterocycles. The van der Waals surface area contributed by atoms with Crippen molar-refractivity contribution in [3.05, 3.63) is 0 Å². The van der Waals surface area contributed by atoms with Crippen molar-refractivity contribution < 1.29 is 28.8 Å². The average molecular weight is 293 g/mol. The molecule has 13 heavy (non-hydrogen) atoms. The van der Waals surface area contributed by atoms with Gasteiger partial charge in [0.05, 0.1) is 0 Å². The molecule has 0 aliphatic carbocycles. The SMILES string of the molecule is [CH3][Ge]([CH3])([CH3])[Co]([CH]=O)([CH]=O)([CH]=O)[CH]=O. The number of carbonyl (C=O) groups is 4. The summed E-state index contributed by atoms with van der Waals surface area (Å²) in [4.78, 5) is 43.6. The monoisotopic (exact) mass is 294 g/mol. The summed E-state index contributed by atoms with van der Waals surface area (Å²) in [6.45, 7) is 0. The summed E-state index contributed by atoms with van der Waals surface area (Å²) in [6, 6.07) is 0. The summed E-state index contributed by atoms with van der Waals surface area (Å²) < 4.78 is 0. The molecule has 0 rings (SSSR count). The normalized spacial score (nSPS) is 15.2. The first kappa shape index (κ1) is 12.7. The zero-order valence-corrected chi connectivity index (χ0v) is 10.9. The third-order valence-electron chi connectivity index (χ3n) is 1.86. The van der Waals surface area contributed by atoms with E-state index in [9.17, 15) is 19.2 Å². The van der Waals surface area contributed by atoms with Crippen molar-refractivity contribution in [2.24, 2.45) is 0 Å². The van der Waals surface area contributed by atoms with Crippen molar-refractivity contribution in [1.82, 2.24) is 0 Å². The molecule has 0 spiro atoms. The van der Waals surface area contributed by atoms with Crippen LogP contribution in [0.3, 0.4) is 0 Å². The molecule has 0 amide bonds. The molecule has 0 aromatic carbocycles. The Bertz CT molecular complexity index is 225. The fourth-order valence-corrected chi connectivity index (χ4v) is 10.6. The van der Waals surface area contributed by atoms with Crippen LogP contribution in [0.2, 0.25) is 17.3 Å². The number of rotatable bonds is 5. The van der Waals surface area contributed by atoms with Crippen molar-refractivity contribution in [1.29, 1.82) is 0 Å². The molecule has 0 fully saturated rings. The third-order valence-corrected chi connectivity index (χ3v) is 30.3. The van der Waals surface area contributed by atoms with Crippen LogP contribution < -0.4 is 0 Å². The molecule has 0 aromatic rings. The van der Waals surface area contributed by atoms with Gasteiger partial charge in [0, 0.05) is 0 Å². The van der Waals surface area contributed by atoms with E-state index in [0.717, 1.165) is 0 Å². The van der Waals surface area contributed by atoms with Gasteiger partial charge in [0.15, 0.2) is 0 Å². The molecule has 0 saturated carbocycles. The molecule has 6 heteroatoms. The van der Waals surface area contributed by atoms with Crippen molar-refractivity contribution >= 4 is 32.3 Å². The van der Waals surface area contributed by atoms with Crippen LogP contribution in [0.5, 0.6) is 0 Å². The van der Waals surface area contributed by atoms with E-state index in [1.165, 1.54) is 0 Å². The predicted octanol–water partition coefficient (Wildman–Crippen LogP) is 0.272. The summed E-state index contributed by atoms with van der Waals surface area (Å²) in [5, 5.41) is 1.27. The van der Waals surface area contributed by atoms with E-state index in [1.54, 1.807) is 17.3 Å². The molecule has 78 valence electrons. The molecular weight excluding hydrogens is 280 g/mol. The van der Waals surface area contributed by atoms with E-state index in [1.807, 2.05) is 0 Å². The first-order chi connectivity index (χ1) is 5.82. The maximum absolute atomic E-state index is 10.9. The molecule has 0 aliphatic rings. The minimum absolute atomic E-state index is 0.317.